The fraction of sp³-hybridized carbons (Fsp3) is 0.286. The molecule has 1 aliphatic rings. The van der Waals surface area contributed by atoms with Crippen LogP contribution in [0.3, 0.4) is 0 Å². The minimum absolute atomic E-state index is 0.126. The summed E-state index contributed by atoms with van der Waals surface area (Å²) < 4.78 is 0.997. The summed E-state index contributed by atoms with van der Waals surface area (Å²) in [5.41, 5.74) is 1.95. The lowest BCUT2D eigenvalue weighted by Gasteiger charge is -2.36. The van der Waals surface area contributed by atoms with E-state index in [0.717, 1.165) is 35.5 Å². The molecule has 0 N–H and O–H groups in total. The highest BCUT2D eigenvalue weighted by Gasteiger charge is 2.22. The van der Waals surface area contributed by atoms with Gasteiger partial charge in [-0.15, -0.1) is 11.3 Å². The van der Waals surface area contributed by atoms with Gasteiger partial charge in [-0.3, -0.25) is 9.78 Å². The number of aromatic nitrogens is 1. The van der Waals surface area contributed by atoms with E-state index in [-0.39, 0.29) is 5.91 Å². The van der Waals surface area contributed by atoms with Crippen LogP contribution in [0.2, 0.25) is 0 Å². The number of thiophene rings is 1. The van der Waals surface area contributed by atoms with E-state index in [2.05, 4.69) is 25.8 Å². The van der Waals surface area contributed by atoms with Crippen LogP contribution in [0, 0.1) is 0 Å². The zero-order valence-electron chi connectivity index (χ0n) is 10.8. The quantitative estimate of drug-likeness (QED) is 0.834. The first-order valence-electron chi connectivity index (χ1n) is 6.42. The summed E-state index contributed by atoms with van der Waals surface area (Å²) in [5.74, 6) is 0.126. The summed E-state index contributed by atoms with van der Waals surface area (Å²) in [6, 6.07) is 5.91. The molecule has 1 saturated heterocycles. The first kappa shape index (κ1) is 13.6. The Balaban J connectivity index is 1.63. The fourth-order valence-electron chi connectivity index (χ4n) is 2.33. The van der Waals surface area contributed by atoms with Crippen molar-refractivity contribution in [2.45, 2.75) is 0 Å². The molecular formula is C14H14BrN3OS. The zero-order valence-corrected chi connectivity index (χ0v) is 13.2. The van der Waals surface area contributed by atoms with Crippen LogP contribution in [0.4, 0.5) is 5.69 Å². The van der Waals surface area contributed by atoms with Crippen LogP contribution in [0.25, 0.3) is 0 Å². The molecule has 4 nitrogen and oxygen atoms in total. The van der Waals surface area contributed by atoms with Crippen molar-refractivity contribution in [1.82, 2.24) is 9.88 Å². The highest BCUT2D eigenvalue weighted by atomic mass is 79.9. The molecule has 0 atom stereocenters. The summed E-state index contributed by atoms with van der Waals surface area (Å²) in [4.78, 5) is 20.6. The number of halogens is 1. The molecule has 1 fully saturated rings. The third kappa shape index (κ3) is 2.86. The van der Waals surface area contributed by atoms with Gasteiger partial charge >= 0.3 is 0 Å². The number of amides is 1. The summed E-state index contributed by atoms with van der Waals surface area (Å²) in [6.07, 6.45) is 3.60. The van der Waals surface area contributed by atoms with Crippen LogP contribution in [-0.2, 0) is 0 Å². The van der Waals surface area contributed by atoms with Crippen LogP contribution >= 0.6 is 27.3 Å². The second-order valence-electron chi connectivity index (χ2n) is 4.62. The van der Waals surface area contributed by atoms with Crippen LogP contribution < -0.4 is 4.90 Å². The molecular weight excluding hydrogens is 338 g/mol. The Labute approximate surface area is 130 Å². The van der Waals surface area contributed by atoms with Gasteiger partial charge in [-0.1, -0.05) is 0 Å². The summed E-state index contributed by atoms with van der Waals surface area (Å²) in [5, 5.41) is 1.90. The molecule has 0 aromatic carbocycles. The lowest BCUT2D eigenvalue weighted by atomic mass is 10.2. The Morgan fingerprint density at radius 3 is 2.50 bits per heavy atom. The van der Waals surface area contributed by atoms with E-state index >= 15 is 0 Å². The molecule has 6 heteroatoms. The van der Waals surface area contributed by atoms with Gasteiger partial charge in [0.05, 0.1) is 9.35 Å². The van der Waals surface area contributed by atoms with Gasteiger partial charge in [0.1, 0.15) is 0 Å². The summed E-state index contributed by atoms with van der Waals surface area (Å²) >= 11 is 4.94. The molecule has 2 aromatic rings. The van der Waals surface area contributed by atoms with Crippen LogP contribution in [0.15, 0.2) is 39.8 Å². The Bertz CT molecular complexity index is 593. The van der Waals surface area contributed by atoms with Gasteiger partial charge in [-0.05, 0) is 34.1 Å². The molecule has 0 bridgehead atoms. The first-order valence-corrected chi connectivity index (χ1v) is 8.09. The van der Waals surface area contributed by atoms with Crippen molar-refractivity contribution in [3.05, 3.63) is 45.3 Å². The third-order valence-electron chi connectivity index (χ3n) is 3.41. The maximum Gasteiger partial charge on any atom is 0.254 e. The number of hydrogen-bond donors (Lipinski definition) is 0. The first-order chi connectivity index (χ1) is 9.74. The number of carbonyl (C=O) groups excluding carboxylic acids is 1. The number of carbonyl (C=O) groups is 1. The number of piperazine rings is 1. The molecule has 0 aliphatic carbocycles. The Morgan fingerprint density at radius 1 is 1.20 bits per heavy atom. The van der Waals surface area contributed by atoms with Gasteiger partial charge in [0, 0.05) is 49.6 Å². The van der Waals surface area contributed by atoms with Crippen molar-refractivity contribution in [3.63, 3.8) is 0 Å². The average molecular weight is 352 g/mol. The minimum atomic E-state index is 0.126. The Kier molecular flexibility index (Phi) is 4.03. The number of pyridine rings is 1. The molecule has 1 amide bonds. The molecule has 20 heavy (non-hydrogen) atoms. The Morgan fingerprint density at radius 2 is 1.90 bits per heavy atom. The molecule has 0 radical (unpaired) electrons. The van der Waals surface area contributed by atoms with Crippen LogP contribution in [0.5, 0.6) is 0 Å². The predicted molar refractivity (Wildman–Crippen MR) is 84.4 cm³/mol. The lowest BCUT2D eigenvalue weighted by Crippen LogP contribution is -2.48. The van der Waals surface area contributed by atoms with E-state index in [0.29, 0.717) is 0 Å². The van der Waals surface area contributed by atoms with Gasteiger partial charge in [0.15, 0.2) is 0 Å². The smallest absolute Gasteiger partial charge is 0.254 e. The SMILES string of the molecule is O=C(c1csc(Br)c1)N1CCN(c2ccncc2)CC1. The molecule has 104 valence electrons. The predicted octanol–water partition coefficient (Wildman–Crippen LogP) is 2.87. The van der Waals surface area contributed by atoms with E-state index in [1.165, 1.54) is 5.69 Å². The average Bonchev–Trinajstić information content (AvgIpc) is 2.94. The second kappa shape index (κ2) is 5.93. The van der Waals surface area contributed by atoms with Crippen molar-refractivity contribution >= 4 is 38.9 Å². The normalized spacial score (nSPS) is 15.4. The van der Waals surface area contributed by atoms with Crippen LogP contribution in [0.1, 0.15) is 10.4 Å². The van der Waals surface area contributed by atoms with Crippen molar-refractivity contribution < 1.29 is 4.79 Å². The molecule has 0 spiro atoms. The van der Waals surface area contributed by atoms with Gasteiger partial charge in [-0.2, -0.15) is 0 Å². The largest absolute Gasteiger partial charge is 0.368 e. The second-order valence-corrected chi connectivity index (χ2v) is 6.91. The number of anilines is 1. The van der Waals surface area contributed by atoms with E-state index in [4.69, 9.17) is 0 Å². The van der Waals surface area contributed by atoms with Gasteiger partial charge in [-0.25, -0.2) is 0 Å². The minimum Gasteiger partial charge on any atom is -0.368 e. The number of nitrogens with zero attached hydrogens (tertiary/aromatic N) is 3. The molecule has 0 saturated carbocycles. The third-order valence-corrected chi connectivity index (χ3v) is 4.91. The molecule has 1 aliphatic heterocycles. The zero-order chi connectivity index (χ0) is 13.9. The van der Waals surface area contributed by atoms with Crippen molar-refractivity contribution in [2.75, 3.05) is 31.1 Å². The van der Waals surface area contributed by atoms with Gasteiger partial charge in [0.25, 0.3) is 5.91 Å². The van der Waals surface area contributed by atoms with Gasteiger partial charge in [0.2, 0.25) is 0 Å². The highest BCUT2D eigenvalue weighted by molar-refractivity contribution is 9.11. The Hall–Kier alpha value is -1.40. The lowest BCUT2D eigenvalue weighted by molar-refractivity contribution is 0.0747. The van der Waals surface area contributed by atoms with Crippen molar-refractivity contribution in [2.24, 2.45) is 0 Å². The van der Waals surface area contributed by atoms with Crippen LogP contribution in [-0.4, -0.2) is 42.0 Å². The maximum atomic E-state index is 12.3. The van der Waals surface area contributed by atoms with Gasteiger partial charge < -0.3 is 9.80 Å². The summed E-state index contributed by atoms with van der Waals surface area (Å²) in [6.45, 7) is 3.24. The standard InChI is InChI=1S/C14H14BrN3OS/c15-13-9-11(10-20-13)14(19)18-7-5-17(6-8-18)12-1-3-16-4-2-12/h1-4,9-10H,5-8H2. The monoisotopic (exact) mass is 351 g/mol. The topological polar surface area (TPSA) is 36.4 Å². The highest BCUT2D eigenvalue weighted by Crippen LogP contribution is 2.22. The van der Waals surface area contributed by atoms with E-state index < -0.39 is 0 Å². The number of hydrogen-bond acceptors (Lipinski definition) is 4. The maximum absolute atomic E-state index is 12.3. The molecule has 2 aromatic heterocycles. The molecule has 3 rings (SSSR count). The summed E-state index contributed by atoms with van der Waals surface area (Å²) in [7, 11) is 0. The van der Waals surface area contributed by atoms with Crippen molar-refractivity contribution in [1.29, 1.82) is 0 Å². The molecule has 0 unspecified atom stereocenters. The van der Waals surface area contributed by atoms with E-state index in [9.17, 15) is 4.79 Å². The fourth-order valence-corrected chi connectivity index (χ4v) is 3.46. The van der Waals surface area contributed by atoms with E-state index in [1.807, 2.05) is 28.5 Å². The van der Waals surface area contributed by atoms with Crippen molar-refractivity contribution in [3.8, 4) is 0 Å². The molecule has 3 heterocycles. The number of rotatable bonds is 2. The van der Waals surface area contributed by atoms with E-state index in [1.54, 1.807) is 23.7 Å².